The van der Waals surface area contributed by atoms with Crippen molar-refractivity contribution in [3.8, 4) is 0 Å². The molecule has 3 nitrogen and oxygen atoms in total. The van der Waals surface area contributed by atoms with Crippen LogP contribution in [-0.4, -0.2) is 17.7 Å². The lowest BCUT2D eigenvalue weighted by atomic mass is 10.1. The van der Waals surface area contributed by atoms with Gasteiger partial charge in [0.15, 0.2) is 0 Å². The lowest BCUT2D eigenvalue weighted by Crippen LogP contribution is -2.38. The van der Waals surface area contributed by atoms with Crippen LogP contribution in [0.4, 0.5) is 4.79 Å². The minimum atomic E-state index is -0.432. The maximum absolute atomic E-state index is 11.5. The molecule has 0 saturated heterocycles. The van der Waals surface area contributed by atoms with E-state index in [1.807, 2.05) is 20.8 Å². The van der Waals surface area contributed by atoms with Gasteiger partial charge in [-0.15, -0.1) is 0 Å². The fourth-order valence-electron chi connectivity index (χ4n) is 1.18. The van der Waals surface area contributed by atoms with Gasteiger partial charge in [0.1, 0.15) is 5.60 Å². The molecular weight excluding hydrogens is 202 g/mol. The second-order valence-corrected chi connectivity index (χ2v) is 5.27. The highest BCUT2D eigenvalue weighted by molar-refractivity contribution is 5.68. The Bertz CT molecular complexity index is 247. The third-order valence-corrected chi connectivity index (χ3v) is 2.02. The number of amides is 1. The fraction of sp³-hybridized carbons (Fsp3) is 0.769. The lowest BCUT2D eigenvalue weighted by molar-refractivity contribution is 0.0503. The molecule has 0 spiro atoms. The number of hydrogen-bond acceptors (Lipinski definition) is 2. The molecule has 0 radical (unpaired) electrons. The molecule has 0 aromatic heterocycles. The topological polar surface area (TPSA) is 38.3 Å². The van der Waals surface area contributed by atoms with Gasteiger partial charge in [0, 0.05) is 6.04 Å². The lowest BCUT2D eigenvalue weighted by Gasteiger charge is -2.22. The van der Waals surface area contributed by atoms with Gasteiger partial charge in [0.2, 0.25) is 0 Å². The van der Waals surface area contributed by atoms with Crippen LogP contribution in [0.1, 0.15) is 54.4 Å². The van der Waals surface area contributed by atoms with E-state index >= 15 is 0 Å². The molecule has 0 heterocycles. The molecule has 0 aromatic carbocycles. The van der Waals surface area contributed by atoms with Gasteiger partial charge in [-0.25, -0.2) is 4.79 Å². The molecule has 16 heavy (non-hydrogen) atoms. The summed E-state index contributed by atoms with van der Waals surface area (Å²) in [6.45, 7) is 11.8. The zero-order chi connectivity index (χ0) is 12.8. The van der Waals surface area contributed by atoms with Crippen LogP contribution in [-0.2, 0) is 4.74 Å². The average Bonchev–Trinajstić information content (AvgIpc) is 2.08. The monoisotopic (exact) mass is 227 g/mol. The van der Waals surface area contributed by atoms with Crippen LogP contribution in [0.25, 0.3) is 0 Å². The highest BCUT2D eigenvalue weighted by Crippen LogP contribution is 2.08. The molecule has 1 atom stereocenters. The average molecular weight is 227 g/mol. The van der Waals surface area contributed by atoms with Crippen LogP contribution in [0, 0.1) is 0 Å². The van der Waals surface area contributed by atoms with E-state index < -0.39 is 5.60 Å². The summed E-state index contributed by atoms with van der Waals surface area (Å²) < 4.78 is 5.21. The first-order valence-electron chi connectivity index (χ1n) is 5.87. The van der Waals surface area contributed by atoms with Gasteiger partial charge in [0.05, 0.1) is 0 Å². The third kappa shape index (κ3) is 8.33. The predicted octanol–water partition coefficient (Wildman–Crippen LogP) is 3.65. The quantitative estimate of drug-likeness (QED) is 0.744. The van der Waals surface area contributed by atoms with Gasteiger partial charge >= 0.3 is 6.09 Å². The Hall–Kier alpha value is -0.990. The summed E-state index contributed by atoms with van der Waals surface area (Å²) in [5, 5.41) is 2.87. The van der Waals surface area contributed by atoms with Gasteiger partial charge in [0.25, 0.3) is 0 Å². The van der Waals surface area contributed by atoms with Crippen LogP contribution in [0.5, 0.6) is 0 Å². The number of allylic oxidation sites excluding steroid dienone is 1. The number of nitrogens with one attached hydrogen (secondary N) is 1. The predicted molar refractivity (Wildman–Crippen MR) is 67.5 cm³/mol. The molecule has 0 rings (SSSR count). The summed E-state index contributed by atoms with van der Waals surface area (Å²) >= 11 is 0. The van der Waals surface area contributed by atoms with E-state index in [0.29, 0.717) is 0 Å². The highest BCUT2D eigenvalue weighted by atomic mass is 16.6. The van der Waals surface area contributed by atoms with E-state index in [1.165, 1.54) is 5.57 Å². The van der Waals surface area contributed by atoms with Gasteiger partial charge in [-0.2, -0.15) is 0 Å². The molecule has 1 amide bonds. The van der Waals surface area contributed by atoms with E-state index in [9.17, 15) is 4.79 Å². The number of hydrogen-bond donors (Lipinski definition) is 1. The Morgan fingerprint density at radius 3 is 2.31 bits per heavy atom. The molecule has 0 aliphatic carbocycles. The summed E-state index contributed by atoms with van der Waals surface area (Å²) in [6.07, 6.45) is 3.56. The molecule has 0 unspecified atom stereocenters. The third-order valence-electron chi connectivity index (χ3n) is 2.02. The maximum Gasteiger partial charge on any atom is 0.407 e. The second kappa shape index (κ2) is 6.56. The fourth-order valence-corrected chi connectivity index (χ4v) is 1.18. The molecule has 0 aliphatic heterocycles. The molecule has 1 N–H and O–H groups in total. The molecule has 94 valence electrons. The van der Waals surface area contributed by atoms with Crippen molar-refractivity contribution in [3.05, 3.63) is 11.6 Å². The summed E-state index contributed by atoms with van der Waals surface area (Å²) in [6, 6.07) is 0.157. The first kappa shape index (κ1) is 15.0. The number of carbonyl (C=O) groups excluding carboxylic acids is 1. The van der Waals surface area contributed by atoms with Crippen LogP contribution in [0.2, 0.25) is 0 Å². The molecular formula is C13H25NO2. The Balaban J connectivity index is 4.12. The van der Waals surface area contributed by atoms with Crippen molar-refractivity contribution in [3.63, 3.8) is 0 Å². The number of rotatable bonds is 4. The van der Waals surface area contributed by atoms with E-state index in [-0.39, 0.29) is 12.1 Å². The van der Waals surface area contributed by atoms with Crippen molar-refractivity contribution in [2.45, 2.75) is 66.0 Å². The summed E-state index contributed by atoms with van der Waals surface area (Å²) in [5.41, 5.74) is 0.836. The number of ether oxygens (including phenoxy) is 1. The van der Waals surface area contributed by atoms with Crippen molar-refractivity contribution < 1.29 is 9.53 Å². The van der Waals surface area contributed by atoms with Crippen molar-refractivity contribution in [1.82, 2.24) is 5.32 Å². The summed E-state index contributed by atoms with van der Waals surface area (Å²) in [5.74, 6) is 0. The normalized spacial score (nSPS) is 12.9. The SMILES string of the molecule is CC[C@H](CC=C(C)C)NC(=O)OC(C)(C)C. The van der Waals surface area contributed by atoms with Crippen molar-refractivity contribution in [1.29, 1.82) is 0 Å². The van der Waals surface area contributed by atoms with Crippen LogP contribution in [0.3, 0.4) is 0 Å². The van der Waals surface area contributed by atoms with Crippen LogP contribution >= 0.6 is 0 Å². The zero-order valence-electron chi connectivity index (χ0n) is 11.4. The summed E-state index contributed by atoms with van der Waals surface area (Å²) in [7, 11) is 0. The molecule has 0 fully saturated rings. The number of alkyl carbamates (subject to hydrolysis) is 1. The minimum Gasteiger partial charge on any atom is -0.444 e. The Morgan fingerprint density at radius 1 is 1.38 bits per heavy atom. The smallest absolute Gasteiger partial charge is 0.407 e. The van der Waals surface area contributed by atoms with Crippen molar-refractivity contribution >= 4 is 6.09 Å². The second-order valence-electron chi connectivity index (χ2n) is 5.27. The van der Waals surface area contributed by atoms with E-state index in [0.717, 1.165) is 12.8 Å². The van der Waals surface area contributed by atoms with E-state index in [1.54, 1.807) is 0 Å². The highest BCUT2D eigenvalue weighted by Gasteiger charge is 2.18. The first-order chi connectivity index (χ1) is 7.24. The van der Waals surface area contributed by atoms with Crippen molar-refractivity contribution in [2.75, 3.05) is 0 Å². The number of carbonyl (C=O) groups is 1. The maximum atomic E-state index is 11.5. The van der Waals surface area contributed by atoms with Gasteiger partial charge in [-0.1, -0.05) is 18.6 Å². The zero-order valence-corrected chi connectivity index (χ0v) is 11.4. The first-order valence-corrected chi connectivity index (χ1v) is 5.87. The van der Waals surface area contributed by atoms with Crippen LogP contribution in [0.15, 0.2) is 11.6 Å². The van der Waals surface area contributed by atoms with Gasteiger partial charge in [-0.05, 0) is 47.5 Å². The Kier molecular flexibility index (Phi) is 6.16. The van der Waals surface area contributed by atoms with E-state index in [4.69, 9.17) is 4.74 Å². The molecule has 0 aromatic rings. The van der Waals surface area contributed by atoms with Gasteiger partial charge in [-0.3, -0.25) is 0 Å². The minimum absolute atomic E-state index is 0.157. The molecule has 3 heteroatoms. The molecule has 0 saturated carbocycles. The Morgan fingerprint density at radius 2 is 1.94 bits per heavy atom. The van der Waals surface area contributed by atoms with Gasteiger partial charge < -0.3 is 10.1 Å². The standard InChI is InChI=1S/C13H25NO2/c1-7-11(9-8-10(2)3)14-12(15)16-13(4,5)6/h8,11H,7,9H2,1-6H3,(H,14,15)/t11-/m1/s1. The Labute approximate surface area is 99.3 Å². The van der Waals surface area contributed by atoms with Crippen molar-refractivity contribution in [2.24, 2.45) is 0 Å². The molecule has 0 bridgehead atoms. The van der Waals surface area contributed by atoms with Crippen LogP contribution < -0.4 is 5.32 Å². The molecule has 0 aliphatic rings. The largest absolute Gasteiger partial charge is 0.444 e. The van der Waals surface area contributed by atoms with E-state index in [2.05, 4.69) is 32.2 Å². The summed E-state index contributed by atoms with van der Waals surface area (Å²) in [4.78, 5) is 11.5.